The van der Waals surface area contributed by atoms with Crippen LogP contribution in [0.25, 0.3) is 33.9 Å². The van der Waals surface area contributed by atoms with Crippen LogP contribution in [0, 0.1) is 29.1 Å². The highest BCUT2D eigenvalue weighted by Gasteiger charge is 2.45. The lowest BCUT2D eigenvalue weighted by Crippen LogP contribution is -2.42. The van der Waals surface area contributed by atoms with Crippen molar-refractivity contribution >= 4 is 0 Å². The van der Waals surface area contributed by atoms with Crippen molar-refractivity contribution in [3.05, 3.63) is 96.1 Å². The maximum absolute atomic E-state index is 10.0. The van der Waals surface area contributed by atoms with E-state index in [1.165, 1.54) is 37.7 Å². The van der Waals surface area contributed by atoms with E-state index in [-0.39, 0.29) is 5.41 Å². The lowest BCUT2D eigenvalue weighted by Gasteiger charge is -2.50. The Morgan fingerprint density at radius 3 is 1.92 bits per heavy atom. The molecule has 37 heavy (non-hydrogen) atoms. The minimum atomic E-state index is 0.152. The molecule has 6 rings (SSSR count). The van der Waals surface area contributed by atoms with Gasteiger partial charge in [-0.05, 0) is 85.1 Å². The number of nitriles is 1. The molecule has 0 radical (unpaired) electrons. The van der Waals surface area contributed by atoms with Crippen molar-refractivity contribution in [2.45, 2.75) is 51.4 Å². The van der Waals surface area contributed by atoms with Crippen LogP contribution >= 0.6 is 0 Å². The third kappa shape index (κ3) is 4.69. The SMILES string of the molecule is C[C@@H]1C[C@@H]2C[C@H](C)CC(c3cc(C#N)cc(-c4cc(-c5ccccc5)nc(-c5ccccc5)n4)c3)(C1)C2. The van der Waals surface area contributed by atoms with Crippen LogP contribution in [0.1, 0.15) is 57.1 Å². The van der Waals surface area contributed by atoms with E-state index in [1.807, 2.05) is 42.5 Å². The van der Waals surface area contributed by atoms with Crippen LogP contribution in [0.3, 0.4) is 0 Å². The Morgan fingerprint density at radius 2 is 1.30 bits per heavy atom. The predicted molar refractivity (Wildman–Crippen MR) is 150 cm³/mol. The molecule has 0 aliphatic heterocycles. The van der Waals surface area contributed by atoms with Gasteiger partial charge < -0.3 is 0 Å². The minimum absolute atomic E-state index is 0.152. The fraction of sp³-hybridized carbons (Fsp3) is 0.324. The molecule has 0 amide bonds. The zero-order valence-corrected chi connectivity index (χ0v) is 21.7. The summed E-state index contributed by atoms with van der Waals surface area (Å²) >= 11 is 0. The van der Waals surface area contributed by atoms with Crippen molar-refractivity contribution in [1.29, 1.82) is 5.26 Å². The van der Waals surface area contributed by atoms with E-state index < -0.39 is 0 Å². The van der Waals surface area contributed by atoms with Crippen LogP contribution in [0.2, 0.25) is 0 Å². The molecule has 2 fully saturated rings. The monoisotopic (exact) mass is 483 g/mol. The number of hydrogen-bond donors (Lipinski definition) is 0. The van der Waals surface area contributed by atoms with Gasteiger partial charge in [0.05, 0.1) is 23.0 Å². The second-order valence-corrected chi connectivity index (χ2v) is 11.5. The van der Waals surface area contributed by atoms with E-state index >= 15 is 0 Å². The fourth-order valence-corrected chi connectivity index (χ4v) is 7.27. The van der Waals surface area contributed by atoms with Gasteiger partial charge in [0.2, 0.25) is 0 Å². The van der Waals surface area contributed by atoms with Gasteiger partial charge in [0.15, 0.2) is 5.82 Å². The maximum Gasteiger partial charge on any atom is 0.160 e. The molecule has 1 heterocycles. The Bertz CT molecular complexity index is 1370. The normalized spacial score (nSPS) is 24.8. The summed E-state index contributed by atoms with van der Waals surface area (Å²) in [5.41, 5.74) is 7.01. The molecule has 4 atom stereocenters. The van der Waals surface area contributed by atoms with Gasteiger partial charge in [-0.25, -0.2) is 9.97 Å². The van der Waals surface area contributed by atoms with Gasteiger partial charge in [-0.2, -0.15) is 5.26 Å². The van der Waals surface area contributed by atoms with Crippen molar-refractivity contribution < 1.29 is 0 Å². The summed E-state index contributed by atoms with van der Waals surface area (Å²) in [5, 5.41) is 10.0. The quantitative estimate of drug-likeness (QED) is 0.292. The summed E-state index contributed by atoms with van der Waals surface area (Å²) in [4.78, 5) is 9.99. The molecule has 2 bridgehead atoms. The Morgan fingerprint density at radius 1 is 0.703 bits per heavy atom. The molecular weight excluding hydrogens is 450 g/mol. The molecule has 2 aliphatic rings. The van der Waals surface area contributed by atoms with Gasteiger partial charge >= 0.3 is 0 Å². The second kappa shape index (κ2) is 9.60. The van der Waals surface area contributed by atoms with Crippen molar-refractivity contribution in [2.75, 3.05) is 0 Å². The second-order valence-electron chi connectivity index (χ2n) is 11.5. The largest absolute Gasteiger partial charge is 0.228 e. The van der Waals surface area contributed by atoms with E-state index in [2.05, 4.69) is 62.4 Å². The van der Waals surface area contributed by atoms with Crippen LogP contribution in [0.5, 0.6) is 0 Å². The smallest absolute Gasteiger partial charge is 0.160 e. The Balaban J connectivity index is 1.52. The highest BCUT2D eigenvalue weighted by molar-refractivity contribution is 5.73. The predicted octanol–water partition coefficient (Wildman–Crippen LogP) is 8.45. The highest BCUT2D eigenvalue weighted by atomic mass is 14.9. The lowest BCUT2D eigenvalue weighted by atomic mass is 9.54. The van der Waals surface area contributed by atoms with E-state index in [4.69, 9.17) is 9.97 Å². The molecule has 1 unspecified atom stereocenters. The lowest BCUT2D eigenvalue weighted by molar-refractivity contribution is 0.0780. The molecule has 0 spiro atoms. The van der Waals surface area contributed by atoms with Crippen LogP contribution in [-0.2, 0) is 5.41 Å². The molecule has 2 saturated carbocycles. The Hall–Kier alpha value is -3.77. The van der Waals surface area contributed by atoms with Crippen molar-refractivity contribution in [3.63, 3.8) is 0 Å². The first-order valence-corrected chi connectivity index (χ1v) is 13.6. The summed E-state index contributed by atoms with van der Waals surface area (Å²) < 4.78 is 0. The average Bonchev–Trinajstić information content (AvgIpc) is 2.92. The first-order valence-electron chi connectivity index (χ1n) is 13.6. The van der Waals surface area contributed by atoms with Crippen molar-refractivity contribution in [1.82, 2.24) is 9.97 Å². The fourth-order valence-electron chi connectivity index (χ4n) is 7.27. The number of benzene rings is 3. The summed E-state index contributed by atoms with van der Waals surface area (Å²) in [7, 11) is 0. The summed E-state index contributed by atoms with van der Waals surface area (Å²) in [6.07, 6.45) is 6.32. The maximum atomic E-state index is 10.0. The average molecular weight is 484 g/mol. The van der Waals surface area contributed by atoms with Gasteiger partial charge in [0.1, 0.15) is 0 Å². The summed E-state index contributed by atoms with van der Waals surface area (Å²) in [6, 6.07) is 31.5. The van der Waals surface area contributed by atoms with E-state index in [9.17, 15) is 5.26 Å². The van der Waals surface area contributed by atoms with Crippen molar-refractivity contribution in [3.8, 4) is 40.0 Å². The number of rotatable bonds is 4. The number of nitrogens with zero attached hydrogens (tertiary/aromatic N) is 3. The zero-order valence-electron chi connectivity index (χ0n) is 21.7. The van der Waals surface area contributed by atoms with Crippen LogP contribution in [0.15, 0.2) is 84.9 Å². The zero-order chi connectivity index (χ0) is 25.4. The number of hydrogen-bond acceptors (Lipinski definition) is 3. The summed E-state index contributed by atoms with van der Waals surface area (Å²) in [5.74, 6) is 2.93. The van der Waals surface area contributed by atoms with E-state index in [0.717, 1.165) is 39.6 Å². The molecule has 0 N–H and O–H groups in total. The van der Waals surface area contributed by atoms with Gasteiger partial charge in [-0.15, -0.1) is 0 Å². The highest BCUT2D eigenvalue weighted by Crippen LogP contribution is 2.54. The molecule has 3 heteroatoms. The summed E-state index contributed by atoms with van der Waals surface area (Å²) in [6.45, 7) is 4.82. The molecule has 1 aromatic heterocycles. The molecule has 4 aromatic rings. The third-order valence-corrected chi connectivity index (χ3v) is 8.43. The number of fused-ring (bicyclic) bond motifs is 2. The van der Waals surface area contributed by atoms with E-state index in [1.54, 1.807) is 0 Å². The van der Waals surface area contributed by atoms with Gasteiger partial charge in [0.25, 0.3) is 0 Å². The van der Waals surface area contributed by atoms with Crippen molar-refractivity contribution in [2.24, 2.45) is 17.8 Å². The van der Waals surface area contributed by atoms with Crippen LogP contribution in [-0.4, -0.2) is 9.97 Å². The van der Waals surface area contributed by atoms with Gasteiger partial charge in [0, 0.05) is 16.7 Å². The third-order valence-electron chi connectivity index (χ3n) is 8.43. The molecule has 3 nitrogen and oxygen atoms in total. The van der Waals surface area contributed by atoms with E-state index in [0.29, 0.717) is 17.7 Å². The topological polar surface area (TPSA) is 49.6 Å². The Kier molecular flexibility index (Phi) is 6.13. The van der Waals surface area contributed by atoms with Gasteiger partial charge in [-0.3, -0.25) is 0 Å². The van der Waals surface area contributed by atoms with Crippen LogP contribution < -0.4 is 0 Å². The standard InChI is InChI=1S/C34H33N3/c1-23-13-25-14-24(2)20-34(19-23,21-25)30-16-26(22-35)15-29(17-30)32-18-31(27-9-5-3-6-10-27)36-33(37-32)28-11-7-4-8-12-28/h3-12,15-18,23-25H,13-14,19-21H2,1-2H3/t23-,24+,25-,34?. The molecule has 2 aliphatic carbocycles. The molecular formula is C34H33N3. The first kappa shape index (κ1) is 23.6. The Labute approximate surface area is 220 Å². The molecule has 0 saturated heterocycles. The molecule has 184 valence electrons. The van der Waals surface area contributed by atoms with Gasteiger partial charge in [-0.1, -0.05) is 74.5 Å². The minimum Gasteiger partial charge on any atom is -0.228 e. The van der Waals surface area contributed by atoms with Crippen LogP contribution in [0.4, 0.5) is 0 Å². The number of aromatic nitrogens is 2. The molecule has 3 aromatic carbocycles. The first-order chi connectivity index (χ1) is 18.0.